The predicted octanol–water partition coefficient (Wildman–Crippen LogP) is 4.77. The van der Waals surface area contributed by atoms with Crippen LogP contribution < -0.4 is 9.46 Å². The van der Waals surface area contributed by atoms with E-state index < -0.39 is 6.09 Å². The van der Waals surface area contributed by atoms with E-state index in [4.69, 9.17) is 9.47 Å². The van der Waals surface area contributed by atoms with Crippen molar-refractivity contribution in [1.29, 1.82) is 0 Å². The van der Waals surface area contributed by atoms with E-state index in [0.29, 0.717) is 11.5 Å². The monoisotopic (exact) mass is 375 g/mol. The van der Waals surface area contributed by atoms with E-state index in [9.17, 15) is 9.90 Å². The lowest BCUT2D eigenvalue weighted by Crippen LogP contribution is -2.17. The van der Waals surface area contributed by atoms with Gasteiger partial charge in [0.1, 0.15) is 6.61 Å². The molecule has 0 aliphatic rings. The fourth-order valence-electron chi connectivity index (χ4n) is 2.27. The lowest BCUT2D eigenvalue weighted by molar-refractivity contribution is 0.146. The maximum atomic E-state index is 11.8. The van der Waals surface area contributed by atoms with Gasteiger partial charge in [0.25, 0.3) is 0 Å². The predicted molar refractivity (Wildman–Crippen MR) is 104 cm³/mol. The zero-order valence-corrected chi connectivity index (χ0v) is 16.4. The number of phenolic OH excluding ortho intramolecular Hbond substituents is 1. The molecule has 0 spiro atoms. The molecule has 6 heteroatoms. The van der Waals surface area contributed by atoms with Crippen LogP contribution >= 0.6 is 11.9 Å². The normalized spacial score (nSPS) is 11.1. The highest BCUT2D eigenvalue weighted by molar-refractivity contribution is 7.97. The molecule has 0 bridgehead atoms. The van der Waals surface area contributed by atoms with Crippen molar-refractivity contribution in [2.75, 3.05) is 7.11 Å². The smallest absolute Gasteiger partial charge is 0.417 e. The van der Waals surface area contributed by atoms with Gasteiger partial charge in [0.15, 0.2) is 11.5 Å². The van der Waals surface area contributed by atoms with Gasteiger partial charge < -0.3 is 14.6 Å². The summed E-state index contributed by atoms with van der Waals surface area (Å²) < 4.78 is 12.9. The molecule has 2 aromatic rings. The average molecular weight is 375 g/mol. The quantitative estimate of drug-likeness (QED) is 0.712. The molecule has 2 aromatic carbocycles. The van der Waals surface area contributed by atoms with Crippen molar-refractivity contribution >= 4 is 18.0 Å². The van der Waals surface area contributed by atoms with E-state index in [1.807, 2.05) is 12.1 Å². The summed E-state index contributed by atoms with van der Waals surface area (Å²) in [6, 6.07) is 13.1. The second-order valence-electron chi connectivity index (χ2n) is 6.92. The summed E-state index contributed by atoms with van der Waals surface area (Å²) in [6.07, 6.45) is -0.486. The van der Waals surface area contributed by atoms with Gasteiger partial charge in [-0.2, -0.15) is 0 Å². The van der Waals surface area contributed by atoms with Gasteiger partial charge in [-0.05, 0) is 46.2 Å². The number of nitrogens with one attached hydrogen (secondary N) is 1. The molecular formula is C20H25NO4S. The fraction of sp³-hybridized carbons (Fsp3) is 0.350. The standard InChI is InChI=1S/C20H25NO4S/c1-20(2,3)16-8-5-14(6-9-16)12-25-19(23)21-26-13-15-7-10-17(22)18(11-15)24-4/h5-11,22H,12-13H2,1-4H3,(H,21,23). The van der Waals surface area contributed by atoms with Crippen LogP contribution in [0.1, 0.15) is 37.5 Å². The molecule has 140 valence electrons. The highest BCUT2D eigenvalue weighted by atomic mass is 32.2. The number of carbonyl (C=O) groups excluding carboxylic acids is 1. The number of carbonyl (C=O) groups is 1. The third-order valence-corrected chi connectivity index (χ3v) is 4.62. The average Bonchev–Trinajstić information content (AvgIpc) is 2.61. The number of ether oxygens (including phenoxy) is 2. The summed E-state index contributed by atoms with van der Waals surface area (Å²) in [5.41, 5.74) is 3.21. The maximum absolute atomic E-state index is 11.8. The second kappa shape index (κ2) is 8.85. The number of aromatic hydroxyl groups is 1. The van der Waals surface area contributed by atoms with Gasteiger partial charge >= 0.3 is 6.09 Å². The van der Waals surface area contributed by atoms with E-state index in [1.165, 1.54) is 24.6 Å². The molecule has 0 aromatic heterocycles. The van der Waals surface area contributed by atoms with Crippen LogP contribution in [-0.2, 0) is 22.5 Å². The Hall–Kier alpha value is -2.34. The number of phenols is 1. The molecule has 0 atom stereocenters. The summed E-state index contributed by atoms with van der Waals surface area (Å²) in [7, 11) is 1.50. The van der Waals surface area contributed by atoms with Crippen LogP contribution in [0.2, 0.25) is 0 Å². The summed E-state index contributed by atoms with van der Waals surface area (Å²) >= 11 is 1.22. The van der Waals surface area contributed by atoms with Gasteiger partial charge in [-0.3, -0.25) is 4.72 Å². The van der Waals surface area contributed by atoms with Crippen LogP contribution in [0.5, 0.6) is 11.5 Å². The number of hydrogen-bond donors (Lipinski definition) is 2. The molecule has 2 rings (SSSR count). The number of methoxy groups -OCH3 is 1. The highest BCUT2D eigenvalue weighted by Crippen LogP contribution is 2.27. The van der Waals surface area contributed by atoms with Gasteiger partial charge in [0.2, 0.25) is 0 Å². The molecule has 0 saturated carbocycles. The third kappa shape index (κ3) is 5.88. The van der Waals surface area contributed by atoms with Crippen LogP contribution in [0, 0.1) is 0 Å². The van der Waals surface area contributed by atoms with Gasteiger partial charge in [-0.15, -0.1) is 0 Å². The summed E-state index contributed by atoms with van der Waals surface area (Å²) in [4.78, 5) is 11.8. The molecule has 0 radical (unpaired) electrons. The van der Waals surface area contributed by atoms with E-state index >= 15 is 0 Å². The minimum atomic E-state index is -0.486. The Morgan fingerprint density at radius 2 is 1.77 bits per heavy atom. The zero-order chi connectivity index (χ0) is 19.2. The Labute approximate surface area is 158 Å². The Morgan fingerprint density at radius 1 is 1.12 bits per heavy atom. The minimum absolute atomic E-state index is 0.0890. The first-order valence-electron chi connectivity index (χ1n) is 8.29. The summed E-state index contributed by atoms with van der Waals surface area (Å²) in [5, 5.41) is 9.57. The van der Waals surface area contributed by atoms with Gasteiger partial charge in [0, 0.05) is 5.75 Å². The molecule has 0 unspecified atom stereocenters. The summed E-state index contributed by atoms with van der Waals surface area (Å²) in [6.45, 7) is 6.70. The van der Waals surface area contributed by atoms with Crippen molar-refractivity contribution in [3.63, 3.8) is 0 Å². The first-order valence-corrected chi connectivity index (χ1v) is 9.28. The molecule has 0 saturated heterocycles. The summed E-state index contributed by atoms with van der Waals surface area (Å²) in [5.74, 6) is 1.03. The topological polar surface area (TPSA) is 67.8 Å². The molecule has 0 heterocycles. The Balaban J connectivity index is 1.75. The van der Waals surface area contributed by atoms with E-state index in [1.54, 1.807) is 18.2 Å². The van der Waals surface area contributed by atoms with Gasteiger partial charge in [0.05, 0.1) is 7.11 Å². The van der Waals surface area contributed by atoms with Crippen molar-refractivity contribution in [2.45, 2.75) is 38.5 Å². The van der Waals surface area contributed by atoms with E-state index in [2.05, 4.69) is 37.6 Å². The number of rotatable bonds is 6. The lowest BCUT2D eigenvalue weighted by atomic mass is 9.87. The van der Waals surface area contributed by atoms with Crippen molar-refractivity contribution in [3.05, 3.63) is 59.2 Å². The molecule has 5 nitrogen and oxygen atoms in total. The molecule has 0 fully saturated rings. The Kier molecular flexibility index (Phi) is 6.80. The molecular weight excluding hydrogens is 350 g/mol. The van der Waals surface area contributed by atoms with Crippen LogP contribution in [0.4, 0.5) is 4.79 Å². The first kappa shape index (κ1) is 20.0. The molecule has 26 heavy (non-hydrogen) atoms. The van der Waals surface area contributed by atoms with Crippen LogP contribution in [-0.4, -0.2) is 18.3 Å². The Bertz CT molecular complexity index is 738. The Morgan fingerprint density at radius 3 is 2.38 bits per heavy atom. The van der Waals surface area contributed by atoms with Gasteiger partial charge in [-0.25, -0.2) is 4.79 Å². The fourth-order valence-corrected chi connectivity index (χ4v) is 2.86. The molecule has 0 aliphatic heterocycles. The zero-order valence-electron chi connectivity index (χ0n) is 15.5. The second-order valence-corrected chi connectivity index (χ2v) is 7.70. The van der Waals surface area contributed by atoms with E-state index in [0.717, 1.165) is 11.1 Å². The largest absolute Gasteiger partial charge is 0.504 e. The highest BCUT2D eigenvalue weighted by Gasteiger charge is 2.13. The van der Waals surface area contributed by atoms with Crippen molar-refractivity contribution in [2.24, 2.45) is 0 Å². The first-order chi connectivity index (χ1) is 12.3. The maximum Gasteiger partial charge on any atom is 0.417 e. The number of benzene rings is 2. The molecule has 1 amide bonds. The van der Waals surface area contributed by atoms with E-state index in [-0.39, 0.29) is 17.8 Å². The van der Waals surface area contributed by atoms with Crippen molar-refractivity contribution in [1.82, 2.24) is 4.72 Å². The van der Waals surface area contributed by atoms with Crippen LogP contribution in [0.15, 0.2) is 42.5 Å². The van der Waals surface area contributed by atoms with Crippen LogP contribution in [0.25, 0.3) is 0 Å². The minimum Gasteiger partial charge on any atom is -0.504 e. The lowest BCUT2D eigenvalue weighted by Gasteiger charge is -2.19. The van der Waals surface area contributed by atoms with Gasteiger partial charge in [-0.1, -0.05) is 51.1 Å². The van der Waals surface area contributed by atoms with Crippen molar-refractivity contribution in [3.8, 4) is 11.5 Å². The molecule has 0 aliphatic carbocycles. The number of hydrogen-bond acceptors (Lipinski definition) is 5. The SMILES string of the molecule is COc1cc(CSNC(=O)OCc2ccc(C(C)(C)C)cc2)ccc1O. The van der Waals surface area contributed by atoms with Crippen LogP contribution in [0.3, 0.4) is 0 Å². The van der Waals surface area contributed by atoms with Crippen molar-refractivity contribution < 1.29 is 19.4 Å². The number of amides is 1. The molecule has 2 N–H and O–H groups in total. The third-order valence-electron chi connectivity index (χ3n) is 3.83.